The summed E-state index contributed by atoms with van der Waals surface area (Å²) in [5.74, 6) is 2.24. The molecule has 0 aliphatic rings. The first-order chi connectivity index (χ1) is 6.27. The normalized spacial score (nSPS) is 10.3. The summed E-state index contributed by atoms with van der Waals surface area (Å²) in [6.07, 6.45) is 0. The van der Waals surface area contributed by atoms with Crippen molar-refractivity contribution < 1.29 is 8.83 Å². The molecule has 0 N–H and O–H groups in total. The Hall–Kier alpha value is -1.57. The second-order valence-electron chi connectivity index (χ2n) is 2.97. The molecule has 0 atom stereocenters. The highest BCUT2D eigenvalue weighted by atomic mass is 16.5. The first-order valence-electron chi connectivity index (χ1n) is 4.23. The zero-order chi connectivity index (χ0) is 9.26. The molecule has 1 aromatic carbocycles. The van der Waals surface area contributed by atoms with E-state index < -0.39 is 0 Å². The molecule has 2 heteroatoms. The molecule has 0 bridgehead atoms. The third-order valence-electron chi connectivity index (χ3n) is 2.00. The lowest BCUT2D eigenvalue weighted by Gasteiger charge is -1.82. The van der Waals surface area contributed by atoms with Crippen molar-refractivity contribution in [2.24, 2.45) is 0 Å². The summed E-state index contributed by atoms with van der Waals surface area (Å²) >= 11 is 0. The van der Waals surface area contributed by atoms with E-state index in [-0.39, 0.29) is 0 Å². The molecule has 2 aromatic rings. The van der Waals surface area contributed by atoms with Gasteiger partial charge in [0.2, 0.25) is 0 Å². The zero-order valence-corrected chi connectivity index (χ0v) is 7.70. The molecule has 0 saturated heterocycles. The Morgan fingerprint density at radius 3 is 2.31 bits per heavy atom. The summed E-state index contributed by atoms with van der Waals surface area (Å²) in [7, 11) is 0. The van der Waals surface area contributed by atoms with E-state index >= 15 is 0 Å². The maximum absolute atomic E-state index is 5.43. The van der Waals surface area contributed by atoms with Crippen LogP contribution in [0, 0.1) is 13.8 Å². The largest absolute Gasteiger partial charge is 0.532 e. The maximum Gasteiger partial charge on any atom is 0.532 e. The van der Waals surface area contributed by atoms with Gasteiger partial charge in [0, 0.05) is 13.8 Å². The number of benzene rings is 1. The minimum Gasteiger partial charge on any atom is -0.271 e. The molecule has 0 spiro atoms. The molecule has 1 heterocycles. The van der Waals surface area contributed by atoms with Gasteiger partial charge >= 0.3 is 5.96 Å². The second-order valence-corrected chi connectivity index (χ2v) is 2.97. The highest BCUT2D eigenvalue weighted by Gasteiger charge is 2.21. The van der Waals surface area contributed by atoms with E-state index in [1.54, 1.807) is 0 Å². The molecule has 2 rings (SSSR count). The maximum atomic E-state index is 5.43. The average molecular weight is 175 g/mol. The van der Waals surface area contributed by atoms with Crippen LogP contribution in [-0.2, 0) is 0 Å². The Balaban J connectivity index is 2.48. The highest BCUT2D eigenvalue weighted by Crippen LogP contribution is 2.24. The quantitative estimate of drug-likeness (QED) is 0.620. The Kier molecular flexibility index (Phi) is 1.89. The van der Waals surface area contributed by atoms with E-state index in [1.807, 2.05) is 44.2 Å². The van der Waals surface area contributed by atoms with Crippen molar-refractivity contribution in [2.75, 3.05) is 0 Å². The monoisotopic (exact) mass is 175 g/mol. The smallest absolute Gasteiger partial charge is 0.271 e. The van der Waals surface area contributed by atoms with Crippen LogP contribution in [0.15, 0.2) is 39.2 Å². The zero-order valence-electron chi connectivity index (χ0n) is 7.70. The molecule has 0 amide bonds. The van der Waals surface area contributed by atoms with E-state index in [1.165, 1.54) is 0 Å². The van der Waals surface area contributed by atoms with Crippen molar-refractivity contribution in [3.8, 4) is 11.5 Å². The fourth-order valence-corrected chi connectivity index (χ4v) is 1.13. The van der Waals surface area contributed by atoms with Crippen LogP contribution in [0.25, 0.3) is 11.5 Å². The first kappa shape index (κ1) is 8.05. The third kappa shape index (κ3) is 1.47. The summed E-state index contributed by atoms with van der Waals surface area (Å²) in [6.45, 7) is 3.79. The predicted octanol–water partition coefficient (Wildman–Crippen LogP) is 3.44. The van der Waals surface area contributed by atoms with Crippen LogP contribution in [0.2, 0.25) is 0 Å². The molecule has 0 aliphatic carbocycles. The van der Waals surface area contributed by atoms with Gasteiger partial charge in [-0.3, -0.25) is 8.83 Å². The average Bonchev–Trinajstić information content (AvgIpc) is 2.49. The standard InChI is InChI=1S/C11H11O2/c1-8-9(2)13-11(12-8)10-6-4-3-5-7-10/h3-7H,1-2H3/q+1. The SMILES string of the molecule is Cc1oc(-c2ccccc2)[o+]c1C. The van der Waals surface area contributed by atoms with E-state index in [0.29, 0.717) is 5.96 Å². The van der Waals surface area contributed by atoms with Gasteiger partial charge in [-0.2, -0.15) is 0 Å². The Labute approximate surface area is 76.8 Å². The van der Waals surface area contributed by atoms with Gasteiger partial charge in [0.25, 0.3) is 11.5 Å². The number of rotatable bonds is 1. The van der Waals surface area contributed by atoms with Crippen molar-refractivity contribution in [3.05, 3.63) is 41.9 Å². The van der Waals surface area contributed by atoms with Crippen LogP contribution >= 0.6 is 0 Å². The molecule has 0 unspecified atom stereocenters. The van der Waals surface area contributed by atoms with Crippen molar-refractivity contribution in [3.63, 3.8) is 0 Å². The van der Waals surface area contributed by atoms with Crippen molar-refractivity contribution in [2.45, 2.75) is 13.8 Å². The van der Waals surface area contributed by atoms with E-state index in [4.69, 9.17) is 8.83 Å². The van der Waals surface area contributed by atoms with Gasteiger partial charge in [-0.25, -0.2) is 0 Å². The van der Waals surface area contributed by atoms with E-state index in [0.717, 1.165) is 17.1 Å². The van der Waals surface area contributed by atoms with Gasteiger partial charge in [0.05, 0.1) is 0 Å². The number of aryl methyl sites for hydroxylation is 2. The van der Waals surface area contributed by atoms with Gasteiger partial charge in [-0.1, -0.05) is 18.2 Å². The van der Waals surface area contributed by atoms with Crippen LogP contribution < -0.4 is 0 Å². The molecular formula is C11H11O2+. The Bertz CT molecular complexity index is 382. The molecular weight excluding hydrogens is 164 g/mol. The van der Waals surface area contributed by atoms with Crippen LogP contribution in [-0.4, -0.2) is 0 Å². The predicted molar refractivity (Wildman–Crippen MR) is 50.3 cm³/mol. The minimum atomic E-state index is 0.579. The van der Waals surface area contributed by atoms with Crippen molar-refractivity contribution in [1.82, 2.24) is 0 Å². The summed E-state index contributed by atoms with van der Waals surface area (Å²) in [5.41, 5.74) is 0.971. The Morgan fingerprint density at radius 1 is 1.08 bits per heavy atom. The van der Waals surface area contributed by atoms with E-state index in [2.05, 4.69) is 0 Å². The fourth-order valence-electron chi connectivity index (χ4n) is 1.13. The lowest BCUT2D eigenvalue weighted by molar-refractivity contribution is 0.455. The number of hydrogen-bond donors (Lipinski definition) is 0. The van der Waals surface area contributed by atoms with Crippen LogP contribution in [0.4, 0.5) is 0 Å². The molecule has 0 fully saturated rings. The van der Waals surface area contributed by atoms with Crippen LogP contribution in [0.5, 0.6) is 0 Å². The van der Waals surface area contributed by atoms with Crippen molar-refractivity contribution in [1.29, 1.82) is 0 Å². The Morgan fingerprint density at radius 2 is 1.77 bits per heavy atom. The highest BCUT2D eigenvalue weighted by molar-refractivity contribution is 5.50. The topological polar surface area (TPSA) is 24.4 Å². The molecule has 0 aliphatic heterocycles. The van der Waals surface area contributed by atoms with E-state index in [9.17, 15) is 0 Å². The third-order valence-corrected chi connectivity index (χ3v) is 2.00. The van der Waals surface area contributed by atoms with Gasteiger partial charge in [-0.15, -0.1) is 0 Å². The van der Waals surface area contributed by atoms with Crippen LogP contribution in [0.1, 0.15) is 11.5 Å². The fraction of sp³-hybridized carbons (Fsp3) is 0.182. The lowest BCUT2D eigenvalue weighted by atomic mass is 10.2. The van der Waals surface area contributed by atoms with Gasteiger partial charge in [0.1, 0.15) is 5.56 Å². The lowest BCUT2D eigenvalue weighted by Crippen LogP contribution is -1.69. The summed E-state index contributed by atoms with van der Waals surface area (Å²) in [5, 5.41) is 0. The molecule has 66 valence electrons. The van der Waals surface area contributed by atoms with Gasteiger partial charge in [-0.05, 0) is 12.1 Å². The number of hydrogen-bond acceptors (Lipinski definition) is 1. The first-order valence-corrected chi connectivity index (χ1v) is 4.23. The van der Waals surface area contributed by atoms with Gasteiger partial charge < -0.3 is 0 Å². The molecule has 0 saturated carbocycles. The second kappa shape index (κ2) is 3.05. The van der Waals surface area contributed by atoms with Gasteiger partial charge in [0.15, 0.2) is 0 Å². The molecule has 0 radical (unpaired) electrons. The summed E-state index contributed by atoms with van der Waals surface area (Å²) in [4.78, 5) is 0. The summed E-state index contributed by atoms with van der Waals surface area (Å²) < 4.78 is 10.9. The molecule has 1 aromatic heterocycles. The minimum absolute atomic E-state index is 0.579. The molecule has 13 heavy (non-hydrogen) atoms. The van der Waals surface area contributed by atoms with Crippen LogP contribution in [0.3, 0.4) is 0 Å². The molecule has 2 nitrogen and oxygen atoms in total. The summed E-state index contributed by atoms with van der Waals surface area (Å²) in [6, 6.07) is 9.80. The van der Waals surface area contributed by atoms with Crippen molar-refractivity contribution >= 4 is 0 Å².